The van der Waals surface area contributed by atoms with E-state index in [4.69, 9.17) is 9.84 Å². The summed E-state index contributed by atoms with van der Waals surface area (Å²) in [6, 6.07) is 15.8. The summed E-state index contributed by atoms with van der Waals surface area (Å²) in [7, 11) is 0. The molecule has 3 aromatic rings. The van der Waals surface area contributed by atoms with E-state index in [1.807, 2.05) is 0 Å². The Hall–Kier alpha value is -3.28. The Morgan fingerprint density at radius 3 is 2.41 bits per heavy atom. The van der Waals surface area contributed by atoms with Crippen molar-refractivity contribution in [1.29, 1.82) is 0 Å². The number of halogens is 2. The van der Waals surface area contributed by atoms with E-state index in [-0.39, 0.29) is 12.2 Å². The number of ether oxygens (including phenoxy) is 1. The van der Waals surface area contributed by atoms with Crippen molar-refractivity contribution in [3.63, 3.8) is 0 Å². The van der Waals surface area contributed by atoms with Crippen LogP contribution in [0.25, 0.3) is 22.4 Å². The number of hydrogen-bond acceptors (Lipinski definition) is 3. The van der Waals surface area contributed by atoms with E-state index in [1.165, 1.54) is 18.2 Å². The standard InChI is InChI=1S/C23H21F2NO3/c24-18-11-9-16(10-12-18)17-14-21(19-6-3-4-7-20(19)25)26-22(15-17)29-13-5-1-2-8-23(27)28/h3-4,6-7,9-12,14-15H,1-2,5,8,13H2,(H,27,28). The Morgan fingerprint density at radius 1 is 0.931 bits per heavy atom. The van der Waals surface area contributed by atoms with Crippen LogP contribution in [0.3, 0.4) is 0 Å². The van der Waals surface area contributed by atoms with Gasteiger partial charge in [0.25, 0.3) is 0 Å². The highest BCUT2D eigenvalue weighted by atomic mass is 19.1. The lowest BCUT2D eigenvalue weighted by Crippen LogP contribution is -2.02. The van der Waals surface area contributed by atoms with E-state index < -0.39 is 11.8 Å². The second kappa shape index (κ2) is 9.78. The highest BCUT2D eigenvalue weighted by Gasteiger charge is 2.11. The van der Waals surface area contributed by atoms with Crippen LogP contribution < -0.4 is 4.74 Å². The SMILES string of the molecule is O=C(O)CCCCCOc1cc(-c2ccc(F)cc2)cc(-c2ccccc2F)n1. The van der Waals surface area contributed by atoms with E-state index >= 15 is 0 Å². The Balaban J connectivity index is 1.82. The summed E-state index contributed by atoms with van der Waals surface area (Å²) in [5.41, 5.74) is 2.27. The molecule has 0 aliphatic rings. The van der Waals surface area contributed by atoms with Crippen molar-refractivity contribution in [2.75, 3.05) is 6.61 Å². The molecule has 0 radical (unpaired) electrons. The summed E-state index contributed by atoms with van der Waals surface area (Å²) in [6.07, 6.45) is 2.13. The van der Waals surface area contributed by atoms with Gasteiger partial charge in [-0.05, 0) is 60.7 Å². The second-order valence-electron chi connectivity index (χ2n) is 6.62. The quantitative estimate of drug-likeness (QED) is 0.469. The number of rotatable bonds is 9. The van der Waals surface area contributed by atoms with Crippen LogP contribution in [0.2, 0.25) is 0 Å². The minimum absolute atomic E-state index is 0.135. The van der Waals surface area contributed by atoms with Gasteiger partial charge in [-0.3, -0.25) is 4.79 Å². The topological polar surface area (TPSA) is 59.4 Å². The van der Waals surface area contributed by atoms with E-state index in [0.29, 0.717) is 36.6 Å². The molecule has 6 heteroatoms. The third-order valence-corrected chi connectivity index (χ3v) is 4.41. The van der Waals surface area contributed by atoms with Gasteiger partial charge >= 0.3 is 5.97 Å². The Bertz CT molecular complexity index is 974. The van der Waals surface area contributed by atoms with Gasteiger partial charge in [-0.15, -0.1) is 0 Å². The number of carbonyl (C=O) groups is 1. The molecule has 1 heterocycles. The Kier molecular flexibility index (Phi) is 6.89. The normalized spacial score (nSPS) is 10.7. The van der Waals surface area contributed by atoms with E-state index in [1.54, 1.807) is 42.5 Å². The summed E-state index contributed by atoms with van der Waals surface area (Å²) >= 11 is 0. The van der Waals surface area contributed by atoms with Gasteiger partial charge in [0.1, 0.15) is 11.6 Å². The Labute approximate surface area is 167 Å². The van der Waals surface area contributed by atoms with Gasteiger partial charge in [0.2, 0.25) is 5.88 Å². The molecular weight excluding hydrogens is 376 g/mol. The van der Waals surface area contributed by atoms with Crippen LogP contribution in [-0.4, -0.2) is 22.7 Å². The summed E-state index contributed by atoms with van der Waals surface area (Å²) in [5, 5.41) is 8.67. The first-order chi connectivity index (χ1) is 14.0. The minimum Gasteiger partial charge on any atom is -0.481 e. The van der Waals surface area contributed by atoms with Gasteiger partial charge in [-0.2, -0.15) is 0 Å². The van der Waals surface area contributed by atoms with Crippen molar-refractivity contribution in [2.45, 2.75) is 25.7 Å². The maximum absolute atomic E-state index is 14.3. The summed E-state index contributed by atoms with van der Waals surface area (Å²) in [6.45, 7) is 0.371. The van der Waals surface area contributed by atoms with Crippen LogP contribution >= 0.6 is 0 Å². The fraction of sp³-hybridized carbons (Fsp3) is 0.217. The van der Waals surface area contributed by atoms with Crippen molar-refractivity contribution in [2.24, 2.45) is 0 Å². The van der Waals surface area contributed by atoms with Crippen molar-refractivity contribution >= 4 is 5.97 Å². The lowest BCUT2D eigenvalue weighted by atomic mass is 10.0. The molecule has 0 amide bonds. The average molecular weight is 397 g/mol. The van der Waals surface area contributed by atoms with Crippen LogP contribution in [-0.2, 0) is 4.79 Å². The van der Waals surface area contributed by atoms with Crippen LogP contribution in [0.15, 0.2) is 60.7 Å². The molecule has 150 valence electrons. The lowest BCUT2D eigenvalue weighted by Gasteiger charge is -2.11. The molecule has 3 rings (SSSR count). The number of carboxylic acid groups (broad SMARTS) is 1. The molecule has 2 aromatic carbocycles. The summed E-state index contributed by atoms with van der Waals surface area (Å²) < 4.78 is 33.3. The number of aromatic nitrogens is 1. The van der Waals surface area contributed by atoms with E-state index in [9.17, 15) is 13.6 Å². The molecule has 1 aromatic heterocycles. The molecule has 1 N–H and O–H groups in total. The average Bonchev–Trinajstić information content (AvgIpc) is 2.71. The molecule has 0 saturated carbocycles. The van der Waals surface area contributed by atoms with E-state index in [2.05, 4.69) is 4.98 Å². The van der Waals surface area contributed by atoms with Crippen molar-refractivity contribution in [3.8, 4) is 28.3 Å². The molecule has 0 fully saturated rings. The molecule has 0 bridgehead atoms. The fourth-order valence-corrected chi connectivity index (χ4v) is 2.93. The third-order valence-electron chi connectivity index (χ3n) is 4.41. The molecule has 29 heavy (non-hydrogen) atoms. The Morgan fingerprint density at radius 2 is 1.69 bits per heavy atom. The highest BCUT2D eigenvalue weighted by Crippen LogP contribution is 2.30. The van der Waals surface area contributed by atoms with Crippen molar-refractivity contribution < 1.29 is 23.4 Å². The maximum Gasteiger partial charge on any atom is 0.303 e. The van der Waals surface area contributed by atoms with Crippen molar-refractivity contribution in [1.82, 2.24) is 4.98 Å². The third kappa shape index (κ3) is 5.85. The predicted molar refractivity (Wildman–Crippen MR) is 107 cm³/mol. The molecule has 0 spiro atoms. The fourth-order valence-electron chi connectivity index (χ4n) is 2.93. The van der Waals surface area contributed by atoms with Crippen LogP contribution in [0.4, 0.5) is 8.78 Å². The van der Waals surface area contributed by atoms with Gasteiger partial charge in [-0.1, -0.05) is 24.3 Å². The van der Waals surface area contributed by atoms with Crippen LogP contribution in [0.1, 0.15) is 25.7 Å². The maximum atomic E-state index is 14.3. The highest BCUT2D eigenvalue weighted by molar-refractivity contribution is 5.72. The largest absolute Gasteiger partial charge is 0.481 e. The van der Waals surface area contributed by atoms with Crippen molar-refractivity contribution in [3.05, 3.63) is 72.3 Å². The number of pyridine rings is 1. The lowest BCUT2D eigenvalue weighted by molar-refractivity contribution is -0.137. The van der Waals surface area contributed by atoms with Crippen LogP contribution in [0.5, 0.6) is 5.88 Å². The smallest absolute Gasteiger partial charge is 0.303 e. The molecular formula is C23H21F2NO3. The van der Waals surface area contributed by atoms with E-state index in [0.717, 1.165) is 17.5 Å². The molecule has 4 nitrogen and oxygen atoms in total. The number of nitrogens with zero attached hydrogens (tertiary/aromatic N) is 1. The molecule has 0 saturated heterocycles. The van der Waals surface area contributed by atoms with Gasteiger partial charge in [-0.25, -0.2) is 13.8 Å². The molecule has 0 aliphatic carbocycles. The monoisotopic (exact) mass is 397 g/mol. The molecule has 0 atom stereocenters. The van der Waals surface area contributed by atoms with Gasteiger partial charge < -0.3 is 9.84 Å². The summed E-state index contributed by atoms with van der Waals surface area (Å²) in [4.78, 5) is 15.0. The predicted octanol–water partition coefficient (Wildman–Crippen LogP) is 5.72. The first-order valence-corrected chi connectivity index (χ1v) is 9.40. The number of unbranched alkanes of at least 4 members (excludes halogenated alkanes) is 2. The zero-order chi connectivity index (χ0) is 20.6. The number of aliphatic carboxylic acids is 1. The first kappa shape index (κ1) is 20.5. The van der Waals surface area contributed by atoms with Gasteiger partial charge in [0, 0.05) is 18.1 Å². The van der Waals surface area contributed by atoms with Crippen LogP contribution in [0, 0.1) is 11.6 Å². The first-order valence-electron chi connectivity index (χ1n) is 9.40. The minimum atomic E-state index is -0.811. The second-order valence-corrected chi connectivity index (χ2v) is 6.62. The zero-order valence-electron chi connectivity index (χ0n) is 15.8. The molecule has 0 unspecified atom stereocenters. The number of hydrogen-bond donors (Lipinski definition) is 1. The zero-order valence-corrected chi connectivity index (χ0v) is 15.8. The molecule has 0 aliphatic heterocycles. The van der Waals surface area contributed by atoms with Gasteiger partial charge in [0.05, 0.1) is 12.3 Å². The number of carboxylic acids is 1. The number of benzene rings is 2. The summed E-state index contributed by atoms with van der Waals surface area (Å²) in [5.74, 6) is -1.21. The van der Waals surface area contributed by atoms with Gasteiger partial charge in [0.15, 0.2) is 0 Å².